The van der Waals surface area contributed by atoms with Gasteiger partial charge in [-0.3, -0.25) is 9.59 Å². The van der Waals surface area contributed by atoms with Gasteiger partial charge in [0.2, 0.25) is 0 Å². The van der Waals surface area contributed by atoms with E-state index in [1.54, 1.807) is 38.1 Å². The minimum Gasteiger partial charge on any atom is -0.465 e. The third kappa shape index (κ3) is 5.41. The molecule has 8 heteroatoms. The van der Waals surface area contributed by atoms with Gasteiger partial charge in [0.05, 0.1) is 23.9 Å². The number of hydrogen-bond acceptors (Lipinski definition) is 5. The lowest BCUT2D eigenvalue weighted by Gasteiger charge is -2.16. The number of anilines is 1. The van der Waals surface area contributed by atoms with Crippen molar-refractivity contribution in [1.82, 2.24) is 10.3 Å². The number of nitrogens with zero attached hydrogens (tertiary/aromatic N) is 1. The molecule has 0 radical (unpaired) electrons. The summed E-state index contributed by atoms with van der Waals surface area (Å²) in [5.41, 5.74) is 1.96. The first-order valence-corrected chi connectivity index (χ1v) is 9.89. The fourth-order valence-electron chi connectivity index (χ4n) is 2.62. The molecule has 2 aromatic rings. The number of amides is 2. The molecular weight excluding hydrogens is 438 g/mol. The summed E-state index contributed by atoms with van der Waals surface area (Å²) < 4.78 is 5.32. The van der Waals surface area contributed by atoms with Crippen LogP contribution in [0.2, 0.25) is 0 Å². The van der Waals surface area contributed by atoms with Gasteiger partial charge in [-0.2, -0.15) is 0 Å². The van der Waals surface area contributed by atoms with Gasteiger partial charge >= 0.3 is 5.97 Å². The van der Waals surface area contributed by atoms with Crippen LogP contribution in [0.1, 0.15) is 56.3 Å². The van der Waals surface area contributed by atoms with Crippen LogP contribution in [-0.4, -0.2) is 36.4 Å². The third-order valence-electron chi connectivity index (χ3n) is 4.16. The molecule has 0 unspecified atom stereocenters. The predicted molar refractivity (Wildman–Crippen MR) is 114 cm³/mol. The van der Waals surface area contributed by atoms with Gasteiger partial charge in [0.15, 0.2) is 0 Å². The van der Waals surface area contributed by atoms with E-state index in [1.165, 1.54) is 7.11 Å². The van der Waals surface area contributed by atoms with E-state index in [1.807, 2.05) is 13.8 Å². The standard InChI is InChI=1S/C21H24BrN3O4/c1-11(2)10-23-20(27)18-14(8-7-13(4)24-18)19(26)25-17-12(3)6-9-15(22)16(17)21(28)29-5/h6-9,11H,10H2,1-5H3,(H,23,27)(H,25,26). The van der Waals surface area contributed by atoms with Crippen LogP contribution in [0.25, 0.3) is 0 Å². The summed E-state index contributed by atoms with van der Waals surface area (Å²) in [7, 11) is 1.27. The molecular formula is C21H24BrN3O4. The Labute approximate surface area is 178 Å². The smallest absolute Gasteiger partial charge is 0.341 e. The molecule has 29 heavy (non-hydrogen) atoms. The fourth-order valence-corrected chi connectivity index (χ4v) is 3.11. The summed E-state index contributed by atoms with van der Waals surface area (Å²) in [4.78, 5) is 42.1. The molecule has 0 spiro atoms. The van der Waals surface area contributed by atoms with Crippen molar-refractivity contribution in [3.05, 3.63) is 56.8 Å². The SMILES string of the molecule is COC(=O)c1c(Br)ccc(C)c1NC(=O)c1ccc(C)nc1C(=O)NCC(C)C. The fraction of sp³-hybridized carbons (Fsp3) is 0.333. The Morgan fingerprint density at radius 2 is 1.79 bits per heavy atom. The van der Waals surface area contributed by atoms with E-state index < -0.39 is 17.8 Å². The van der Waals surface area contributed by atoms with Gasteiger partial charge in [0.1, 0.15) is 5.69 Å². The first-order chi connectivity index (χ1) is 13.6. The molecule has 0 atom stereocenters. The van der Waals surface area contributed by atoms with Crippen LogP contribution in [0.5, 0.6) is 0 Å². The van der Waals surface area contributed by atoms with Crippen molar-refractivity contribution in [3.63, 3.8) is 0 Å². The monoisotopic (exact) mass is 461 g/mol. The Morgan fingerprint density at radius 3 is 2.41 bits per heavy atom. The summed E-state index contributed by atoms with van der Waals surface area (Å²) in [6, 6.07) is 6.67. The van der Waals surface area contributed by atoms with Crippen molar-refractivity contribution in [1.29, 1.82) is 0 Å². The van der Waals surface area contributed by atoms with Crippen molar-refractivity contribution in [2.24, 2.45) is 5.92 Å². The average molecular weight is 462 g/mol. The molecule has 2 amide bonds. The summed E-state index contributed by atoms with van der Waals surface area (Å²) in [5, 5.41) is 5.52. The molecule has 2 N–H and O–H groups in total. The second-order valence-electron chi connectivity index (χ2n) is 7.01. The molecule has 0 aliphatic heterocycles. The van der Waals surface area contributed by atoms with Gasteiger partial charge in [-0.05, 0) is 59.5 Å². The second kappa shape index (κ2) is 9.65. The highest BCUT2D eigenvalue weighted by Gasteiger charge is 2.23. The van der Waals surface area contributed by atoms with E-state index in [2.05, 4.69) is 31.5 Å². The maximum Gasteiger partial charge on any atom is 0.341 e. The second-order valence-corrected chi connectivity index (χ2v) is 7.87. The Balaban J connectivity index is 2.44. The largest absolute Gasteiger partial charge is 0.465 e. The van der Waals surface area contributed by atoms with Gasteiger partial charge in [-0.25, -0.2) is 9.78 Å². The molecule has 1 aromatic carbocycles. The van der Waals surface area contributed by atoms with Gasteiger partial charge < -0.3 is 15.4 Å². The number of aryl methyl sites for hydroxylation is 2. The maximum atomic E-state index is 13.0. The molecule has 0 fully saturated rings. The lowest BCUT2D eigenvalue weighted by Crippen LogP contribution is -2.31. The van der Waals surface area contributed by atoms with E-state index in [0.717, 1.165) is 0 Å². The summed E-state index contributed by atoms with van der Waals surface area (Å²) in [6.45, 7) is 7.92. The minimum atomic E-state index is -0.590. The predicted octanol–water partition coefficient (Wildman–Crippen LogP) is 3.89. The topological polar surface area (TPSA) is 97.4 Å². The van der Waals surface area contributed by atoms with Crippen LogP contribution in [0.15, 0.2) is 28.7 Å². The van der Waals surface area contributed by atoms with Gasteiger partial charge in [0, 0.05) is 16.7 Å². The summed E-state index contributed by atoms with van der Waals surface area (Å²) in [6.07, 6.45) is 0. The van der Waals surface area contributed by atoms with Gasteiger partial charge in [-0.1, -0.05) is 19.9 Å². The highest BCUT2D eigenvalue weighted by molar-refractivity contribution is 9.10. The van der Waals surface area contributed by atoms with Crippen LogP contribution in [0.4, 0.5) is 5.69 Å². The number of nitrogens with one attached hydrogen (secondary N) is 2. The van der Waals surface area contributed by atoms with Gasteiger partial charge in [-0.15, -0.1) is 0 Å². The minimum absolute atomic E-state index is 0.0374. The zero-order chi connectivity index (χ0) is 21.7. The maximum absolute atomic E-state index is 13.0. The highest BCUT2D eigenvalue weighted by Crippen LogP contribution is 2.29. The normalized spacial score (nSPS) is 10.6. The van der Waals surface area contributed by atoms with Gasteiger partial charge in [0.25, 0.3) is 11.8 Å². The summed E-state index contributed by atoms with van der Waals surface area (Å²) >= 11 is 3.32. The van der Waals surface area contributed by atoms with Crippen molar-refractivity contribution in [3.8, 4) is 0 Å². The van der Waals surface area contributed by atoms with E-state index in [4.69, 9.17) is 4.74 Å². The van der Waals surface area contributed by atoms with E-state index in [0.29, 0.717) is 28.0 Å². The Morgan fingerprint density at radius 1 is 1.10 bits per heavy atom. The quantitative estimate of drug-likeness (QED) is 0.635. The van der Waals surface area contributed by atoms with Crippen molar-refractivity contribution < 1.29 is 19.1 Å². The van der Waals surface area contributed by atoms with Crippen LogP contribution in [0, 0.1) is 19.8 Å². The number of halogens is 1. The molecule has 1 heterocycles. The number of hydrogen-bond donors (Lipinski definition) is 2. The van der Waals surface area contributed by atoms with Crippen LogP contribution in [0.3, 0.4) is 0 Å². The number of esters is 1. The lowest BCUT2D eigenvalue weighted by atomic mass is 10.1. The summed E-state index contributed by atoms with van der Waals surface area (Å²) in [5.74, 6) is -1.30. The Bertz CT molecular complexity index is 957. The molecule has 0 aliphatic carbocycles. The molecule has 2 rings (SSSR count). The van der Waals surface area contributed by atoms with E-state index in [-0.39, 0.29) is 22.7 Å². The highest BCUT2D eigenvalue weighted by atomic mass is 79.9. The number of methoxy groups -OCH3 is 1. The molecule has 0 saturated carbocycles. The third-order valence-corrected chi connectivity index (χ3v) is 4.82. The molecule has 154 valence electrons. The first-order valence-electron chi connectivity index (χ1n) is 9.10. The van der Waals surface area contributed by atoms with Crippen molar-refractivity contribution in [2.75, 3.05) is 19.0 Å². The molecule has 0 saturated heterocycles. The first kappa shape index (κ1) is 22.5. The Hall–Kier alpha value is -2.74. The number of aromatic nitrogens is 1. The average Bonchev–Trinajstić information content (AvgIpc) is 2.68. The Kier molecular flexibility index (Phi) is 7.50. The molecule has 7 nitrogen and oxygen atoms in total. The zero-order valence-corrected chi connectivity index (χ0v) is 18.6. The van der Waals surface area contributed by atoms with Crippen LogP contribution >= 0.6 is 15.9 Å². The van der Waals surface area contributed by atoms with Crippen molar-refractivity contribution in [2.45, 2.75) is 27.7 Å². The number of benzene rings is 1. The van der Waals surface area contributed by atoms with E-state index in [9.17, 15) is 14.4 Å². The molecule has 1 aromatic heterocycles. The lowest BCUT2D eigenvalue weighted by molar-refractivity contribution is 0.0600. The van der Waals surface area contributed by atoms with Crippen LogP contribution in [-0.2, 0) is 4.74 Å². The number of rotatable bonds is 6. The number of carbonyl (C=O) groups excluding carboxylic acids is 3. The zero-order valence-electron chi connectivity index (χ0n) is 17.1. The van der Waals surface area contributed by atoms with Crippen LogP contribution < -0.4 is 10.6 Å². The van der Waals surface area contributed by atoms with Crippen molar-refractivity contribution >= 4 is 39.4 Å². The number of ether oxygens (including phenoxy) is 1. The molecule has 0 bridgehead atoms. The van der Waals surface area contributed by atoms with E-state index >= 15 is 0 Å². The number of pyridine rings is 1. The number of carbonyl (C=O) groups is 3. The molecule has 0 aliphatic rings.